The Hall–Kier alpha value is -2.56. The van der Waals surface area contributed by atoms with Crippen LogP contribution in [0.2, 0.25) is 0 Å². The first-order valence-electron chi connectivity index (χ1n) is 2.26. The molecule has 142 valence electrons. The number of nitrogens with zero attached hydrogens (tertiary/aromatic N) is 6. The van der Waals surface area contributed by atoms with E-state index in [1.54, 1.807) is 11.1 Å². The van der Waals surface area contributed by atoms with Gasteiger partial charge in [0.15, 0.2) is 0 Å². The molecule has 0 heterocycles. The Morgan fingerprint density at radius 3 is 0.545 bits per heavy atom. The van der Waals surface area contributed by atoms with Crippen molar-refractivity contribution in [2.24, 2.45) is 0 Å². The Labute approximate surface area is 128 Å². The Kier molecular flexibility index (Phi) is 144. The summed E-state index contributed by atoms with van der Waals surface area (Å²) in [5.41, 5.74) is 3.44. The molecule has 0 aliphatic heterocycles. The van der Waals surface area contributed by atoms with Crippen LogP contribution < -0.4 is 0 Å². The quantitative estimate of drug-likeness (QED) is 0.250. The van der Waals surface area contributed by atoms with Crippen LogP contribution in [0.1, 0.15) is 0 Å². The molecule has 21 nitrogen and oxygen atoms in total. The van der Waals surface area contributed by atoms with Crippen molar-refractivity contribution < 1.29 is 75.5 Å². The summed E-state index contributed by atoms with van der Waals surface area (Å²) in [6, 6.07) is 0. The maximum absolute atomic E-state index is 9.01. The van der Waals surface area contributed by atoms with Crippen molar-refractivity contribution in [3.8, 4) is 0 Å². The maximum Gasteiger partial charge on any atom is 2.00 e. The topological polar surface area (TPSA) is 421 Å². The van der Waals surface area contributed by atoms with Crippen LogP contribution in [0.25, 0.3) is 11.1 Å². The summed E-state index contributed by atoms with van der Waals surface area (Å²) in [6.07, 6.45) is 0. The molecule has 0 atom stereocenters. The minimum absolute atomic E-state index is 0. The first-order valence-corrected chi connectivity index (χ1v) is 2.26. The van der Waals surface area contributed by atoms with Crippen LogP contribution in [0.5, 0.6) is 0 Å². The van der Waals surface area contributed by atoms with E-state index in [0.29, 0.717) is 0 Å². The van der Waals surface area contributed by atoms with Crippen molar-refractivity contribution in [2.75, 3.05) is 0 Å². The van der Waals surface area contributed by atoms with Gasteiger partial charge in [-0.25, -0.2) is 0 Å². The Morgan fingerprint density at radius 2 is 0.545 bits per heavy atom. The van der Waals surface area contributed by atoms with E-state index in [1.807, 2.05) is 0 Å². The zero-order valence-electron chi connectivity index (χ0n) is 9.80. The third kappa shape index (κ3) is 159. The van der Waals surface area contributed by atoms with Gasteiger partial charge >= 0.3 is 17.1 Å². The summed E-state index contributed by atoms with van der Waals surface area (Å²) in [7, 11) is 0. The van der Waals surface area contributed by atoms with E-state index in [9.17, 15) is 0 Å². The summed E-state index contributed by atoms with van der Waals surface area (Å²) in [4.78, 5) is 36.0. The number of hydrogen-bond donors (Lipinski definition) is 0. The summed E-state index contributed by atoms with van der Waals surface area (Å²) in [5.74, 6) is 0. The third-order valence-electron chi connectivity index (χ3n) is 0.292. The molecule has 0 radical (unpaired) electrons. The molecule has 0 saturated heterocycles. The first-order chi connectivity index (χ1) is 6.25. The predicted molar refractivity (Wildman–Crippen MR) is 60.0 cm³/mol. The molecule has 0 fully saturated rings. The molecule has 0 saturated carbocycles. The van der Waals surface area contributed by atoms with Crippen molar-refractivity contribution >= 4 is 0 Å². The van der Waals surface area contributed by atoms with E-state index in [0.717, 1.165) is 0 Å². The van der Waals surface area contributed by atoms with Gasteiger partial charge in [-0.15, -0.1) is 0 Å². The molecule has 0 aromatic heterocycles. The Bertz CT molecular complexity index is 202. The van der Waals surface area contributed by atoms with Gasteiger partial charge in [0.1, 0.15) is 0 Å². The number of nitro groups is 4. The molecule has 14 N–H and O–H groups in total. The fourth-order valence-corrected chi connectivity index (χ4v) is 0.119. The van der Waals surface area contributed by atoms with E-state index in [4.69, 9.17) is 40.5 Å². The molecule has 0 aromatic carbocycles. The molecule has 0 rings (SSSR count). The van der Waals surface area contributed by atoms with Gasteiger partial charge in [-0.1, -0.05) is 0 Å². The van der Waals surface area contributed by atoms with E-state index in [2.05, 4.69) is 0 Å². The minimum Gasteiger partial charge on any atom is -0.412 e. The van der Waals surface area contributed by atoms with Gasteiger partial charge in [0.2, 0.25) is 0 Å². The van der Waals surface area contributed by atoms with Crippen LogP contribution >= 0.6 is 0 Å². The molecule has 0 bridgehead atoms. The fourth-order valence-electron chi connectivity index (χ4n) is 0.119. The van der Waals surface area contributed by atoms with Crippen LogP contribution in [-0.2, 0) is 17.1 Å². The summed E-state index contributed by atoms with van der Waals surface area (Å²) in [6.45, 7) is 0. The zero-order valence-corrected chi connectivity index (χ0v) is 10.9. The Morgan fingerprint density at radius 1 is 0.455 bits per heavy atom. The fraction of sp³-hybridized carbons (Fsp3) is 0. The molecule has 0 amide bonds. The van der Waals surface area contributed by atoms with Gasteiger partial charge in [0, 0.05) is 20.1 Å². The van der Waals surface area contributed by atoms with Gasteiger partial charge in [-0.05, 0) is 11.1 Å². The molecule has 0 aromatic rings. The maximum atomic E-state index is 9.01. The summed E-state index contributed by atoms with van der Waals surface area (Å²) < 4.78 is 0. The average molecular weight is 394 g/mol. The predicted octanol–water partition coefficient (Wildman–Crippen LogP) is -6.29. The second-order valence-corrected chi connectivity index (χ2v) is 1.13. The molecule has 22 heteroatoms. The number of rotatable bonds is 4. The van der Waals surface area contributed by atoms with Gasteiger partial charge in [-0.2, -0.15) is 0 Å². The molecular formula is H14FeN6O15. The normalized spacial score (nSPS) is 4.73. The smallest absolute Gasteiger partial charge is 0.412 e. The van der Waals surface area contributed by atoms with Gasteiger partial charge < -0.3 is 38.3 Å². The Balaban J connectivity index is -0.0000000120. The summed E-state index contributed by atoms with van der Waals surface area (Å²) in [5, 5.41) is 30.5. The van der Waals surface area contributed by atoms with Gasteiger partial charge in [0.25, 0.3) is 0 Å². The van der Waals surface area contributed by atoms with Crippen LogP contribution in [0, 0.1) is 40.5 Å². The molecule has 0 aliphatic carbocycles. The van der Waals surface area contributed by atoms with Crippen molar-refractivity contribution in [3.05, 3.63) is 51.5 Å². The SMILES string of the molecule is O.O.O.O.O.O.O.O=[N+]([O-])[N-][N+](=O)[O-].O=[N+]([O-])[N-][N+](=O)[O-].[Fe+2]. The summed E-state index contributed by atoms with van der Waals surface area (Å²) >= 11 is 0. The molecule has 0 unspecified atom stereocenters. The first kappa shape index (κ1) is 74.2. The van der Waals surface area contributed by atoms with E-state index in [1.165, 1.54) is 0 Å². The minimum atomic E-state index is -1.38. The van der Waals surface area contributed by atoms with E-state index < -0.39 is 20.1 Å². The second-order valence-electron chi connectivity index (χ2n) is 1.13. The number of hydrogen-bond acceptors (Lipinski definition) is 8. The van der Waals surface area contributed by atoms with Crippen molar-refractivity contribution in [2.45, 2.75) is 0 Å². The molecular weight excluding hydrogens is 380 g/mol. The molecule has 22 heavy (non-hydrogen) atoms. The van der Waals surface area contributed by atoms with Crippen LogP contribution in [-0.4, -0.2) is 58.5 Å². The standard InChI is InChI=1S/Fe.2N3O4.7H2O/c;2*4-2(5)1-3(6)7;;;;;;;/h;;;7*1H2/q+2;2*-1;;;;;;;. The van der Waals surface area contributed by atoms with Crippen molar-refractivity contribution in [1.82, 2.24) is 0 Å². The molecule has 0 spiro atoms. The van der Waals surface area contributed by atoms with Gasteiger partial charge in [-0.3, -0.25) is 40.5 Å². The van der Waals surface area contributed by atoms with Crippen molar-refractivity contribution in [3.63, 3.8) is 0 Å². The second kappa shape index (κ2) is 42.9. The van der Waals surface area contributed by atoms with Gasteiger partial charge in [0.05, 0.1) is 0 Å². The average Bonchev–Trinajstić information content (AvgIpc) is 1.79. The third-order valence-corrected chi connectivity index (χ3v) is 0.292. The van der Waals surface area contributed by atoms with Crippen LogP contribution in [0.4, 0.5) is 0 Å². The zero-order chi connectivity index (χ0) is 11.7. The van der Waals surface area contributed by atoms with Crippen LogP contribution in [0.3, 0.4) is 0 Å². The largest absolute Gasteiger partial charge is 2.00 e. The molecule has 0 aliphatic rings. The monoisotopic (exact) mass is 394 g/mol. The van der Waals surface area contributed by atoms with E-state index in [-0.39, 0.29) is 55.4 Å². The van der Waals surface area contributed by atoms with Crippen molar-refractivity contribution in [1.29, 1.82) is 0 Å². The van der Waals surface area contributed by atoms with E-state index >= 15 is 0 Å². The van der Waals surface area contributed by atoms with Crippen LogP contribution in [0.15, 0.2) is 0 Å².